The summed E-state index contributed by atoms with van der Waals surface area (Å²) in [7, 11) is 0. The third kappa shape index (κ3) is 2.12. The molecule has 0 bridgehead atoms. The van der Waals surface area contributed by atoms with E-state index < -0.39 is 0 Å². The predicted octanol–water partition coefficient (Wildman–Crippen LogP) is 4.45. The van der Waals surface area contributed by atoms with Crippen molar-refractivity contribution in [3.05, 3.63) is 53.4 Å². The summed E-state index contributed by atoms with van der Waals surface area (Å²) in [6.45, 7) is 4.32. The van der Waals surface area contributed by atoms with Crippen LogP contribution in [0.1, 0.15) is 38.2 Å². The maximum Gasteiger partial charge on any atom is 0.205 e. The predicted molar refractivity (Wildman–Crippen MR) is 88.2 cm³/mol. The summed E-state index contributed by atoms with van der Waals surface area (Å²) < 4.78 is 5.85. The van der Waals surface area contributed by atoms with E-state index >= 15 is 0 Å². The first-order valence-corrected chi connectivity index (χ1v) is 7.80. The van der Waals surface area contributed by atoms with Crippen LogP contribution in [-0.4, -0.2) is 0 Å². The van der Waals surface area contributed by atoms with Gasteiger partial charge in [-0.05, 0) is 11.3 Å². The van der Waals surface area contributed by atoms with Crippen molar-refractivity contribution in [2.75, 3.05) is 0 Å². The summed E-state index contributed by atoms with van der Waals surface area (Å²) in [4.78, 5) is 0. The van der Waals surface area contributed by atoms with E-state index in [0.717, 1.165) is 34.9 Å². The second-order valence-electron chi connectivity index (χ2n) is 5.75. The first-order chi connectivity index (χ1) is 10.7. The van der Waals surface area contributed by atoms with E-state index in [4.69, 9.17) is 10.5 Å². The number of hydrogen-bond donors (Lipinski definition) is 1. The zero-order chi connectivity index (χ0) is 15.7. The summed E-state index contributed by atoms with van der Waals surface area (Å²) in [5.74, 6) is 1.47. The zero-order valence-electron chi connectivity index (χ0n) is 13.0. The van der Waals surface area contributed by atoms with Crippen molar-refractivity contribution in [3.8, 4) is 11.8 Å². The average molecular weight is 292 g/mol. The fraction of sp³-hybridized carbons (Fsp3) is 0.316. The van der Waals surface area contributed by atoms with Gasteiger partial charge < -0.3 is 10.5 Å². The minimum atomic E-state index is 0.0216. The molecule has 22 heavy (non-hydrogen) atoms. The lowest BCUT2D eigenvalue weighted by Gasteiger charge is -2.31. The van der Waals surface area contributed by atoms with Gasteiger partial charge in [0.25, 0.3) is 0 Å². The fourth-order valence-corrected chi connectivity index (χ4v) is 3.47. The third-order valence-corrected chi connectivity index (χ3v) is 4.67. The van der Waals surface area contributed by atoms with Gasteiger partial charge in [-0.3, -0.25) is 0 Å². The molecule has 2 N–H and O–H groups in total. The van der Waals surface area contributed by atoms with Crippen LogP contribution in [0.15, 0.2) is 47.9 Å². The number of nitrogens with zero attached hydrogens (tertiary/aromatic N) is 1. The van der Waals surface area contributed by atoms with E-state index in [1.807, 2.05) is 18.2 Å². The molecule has 3 nitrogen and oxygen atoms in total. The molecule has 3 rings (SSSR count). The van der Waals surface area contributed by atoms with Gasteiger partial charge in [-0.25, -0.2) is 0 Å². The lowest BCUT2D eigenvalue weighted by molar-refractivity contribution is 0.353. The number of ether oxygens (including phenoxy) is 1. The number of hydrogen-bond acceptors (Lipinski definition) is 3. The van der Waals surface area contributed by atoms with E-state index in [1.54, 1.807) is 0 Å². The van der Waals surface area contributed by atoms with E-state index in [9.17, 15) is 5.26 Å². The topological polar surface area (TPSA) is 59.0 Å². The molecule has 2 aromatic rings. The molecule has 0 amide bonds. The van der Waals surface area contributed by atoms with Crippen LogP contribution in [0.3, 0.4) is 0 Å². The molecule has 0 radical (unpaired) electrons. The minimum absolute atomic E-state index is 0.0216. The Labute approximate surface area is 131 Å². The molecular weight excluding hydrogens is 272 g/mol. The summed E-state index contributed by atoms with van der Waals surface area (Å²) in [6, 6.07) is 14.6. The van der Waals surface area contributed by atoms with Crippen molar-refractivity contribution >= 4 is 10.8 Å². The average Bonchev–Trinajstić information content (AvgIpc) is 2.55. The molecule has 0 spiro atoms. The van der Waals surface area contributed by atoms with E-state index in [1.165, 1.54) is 0 Å². The van der Waals surface area contributed by atoms with Gasteiger partial charge in [0.15, 0.2) is 0 Å². The van der Waals surface area contributed by atoms with Crippen LogP contribution in [-0.2, 0) is 0 Å². The van der Waals surface area contributed by atoms with E-state index in [0.29, 0.717) is 11.5 Å². The molecule has 0 aromatic heterocycles. The van der Waals surface area contributed by atoms with Crippen LogP contribution >= 0.6 is 0 Å². The van der Waals surface area contributed by atoms with Crippen molar-refractivity contribution in [2.24, 2.45) is 11.7 Å². The summed E-state index contributed by atoms with van der Waals surface area (Å²) in [6.07, 6.45) is 2.01. The molecule has 0 fully saturated rings. The third-order valence-electron chi connectivity index (χ3n) is 4.67. The lowest BCUT2D eigenvalue weighted by atomic mass is 9.76. The van der Waals surface area contributed by atoms with Crippen LogP contribution in [0.25, 0.3) is 10.8 Å². The summed E-state index contributed by atoms with van der Waals surface area (Å²) in [5, 5.41) is 11.7. The first kappa shape index (κ1) is 14.5. The maximum absolute atomic E-state index is 9.54. The van der Waals surface area contributed by atoms with Crippen LogP contribution in [0.4, 0.5) is 0 Å². The smallest absolute Gasteiger partial charge is 0.205 e. The highest BCUT2D eigenvalue weighted by atomic mass is 16.5. The van der Waals surface area contributed by atoms with E-state index in [-0.39, 0.29) is 11.8 Å². The molecule has 3 heteroatoms. The van der Waals surface area contributed by atoms with Crippen molar-refractivity contribution in [3.63, 3.8) is 0 Å². The number of nitrogens with two attached hydrogens (primary N) is 1. The van der Waals surface area contributed by atoms with Crippen LogP contribution in [0, 0.1) is 17.2 Å². The second kappa shape index (κ2) is 5.73. The fourth-order valence-electron chi connectivity index (χ4n) is 3.47. The first-order valence-electron chi connectivity index (χ1n) is 7.80. The SMILES string of the molecule is CCC(CC)[C@@H]1C(C#N)=C(N)Oc2c1ccc1ccccc21. The highest BCUT2D eigenvalue weighted by Crippen LogP contribution is 2.46. The van der Waals surface area contributed by atoms with Gasteiger partial charge >= 0.3 is 0 Å². The second-order valence-corrected chi connectivity index (χ2v) is 5.75. The maximum atomic E-state index is 9.54. The summed E-state index contributed by atoms with van der Waals surface area (Å²) in [5.41, 5.74) is 7.72. The van der Waals surface area contributed by atoms with Gasteiger partial charge in [-0.15, -0.1) is 0 Å². The Kier molecular flexibility index (Phi) is 3.77. The molecule has 1 atom stereocenters. The van der Waals surface area contributed by atoms with Gasteiger partial charge in [0.2, 0.25) is 5.88 Å². The minimum Gasteiger partial charge on any atom is -0.440 e. The Morgan fingerprint density at radius 1 is 1.18 bits per heavy atom. The largest absolute Gasteiger partial charge is 0.440 e. The number of fused-ring (bicyclic) bond motifs is 3. The molecule has 112 valence electrons. The van der Waals surface area contributed by atoms with Gasteiger partial charge in [0.1, 0.15) is 11.8 Å². The van der Waals surface area contributed by atoms with Gasteiger partial charge in [-0.2, -0.15) is 5.26 Å². The zero-order valence-corrected chi connectivity index (χ0v) is 13.0. The van der Waals surface area contributed by atoms with Gasteiger partial charge in [0, 0.05) is 16.9 Å². The number of nitriles is 1. The summed E-state index contributed by atoms with van der Waals surface area (Å²) >= 11 is 0. The number of allylic oxidation sites excluding steroid dienone is 1. The molecule has 0 aliphatic carbocycles. The van der Waals surface area contributed by atoms with Crippen molar-refractivity contribution in [2.45, 2.75) is 32.6 Å². The number of rotatable bonds is 3. The molecule has 1 aliphatic heterocycles. The Balaban J connectivity index is 2.27. The van der Waals surface area contributed by atoms with Gasteiger partial charge in [0.05, 0.1) is 5.57 Å². The van der Waals surface area contributed by atoms with Crippen LogP contribution < -0.4 is 10.5 Å². The quantitative estimate of drug-likeness (QED) is 0.909. The molecule has 2 aromatic carbocycles. The van der Waals surface area contributed by atoms with Crippen LogP contribution in [0.2, 0.25) is 0 Å². The highest BCUT2D eigenvalue weighted by molar-refractivity contribution is 5.90. The molecular formula is C19H20N2O. The normalized spacial score (nSPS) is 17.3. The van der Waals surface area contributed by atoms with Crippen molar-refractivity contribution in [1.29, 1.82) is 5.26 Å². The van der Waals surface area contributed by atoms with Crippen molar-refractivity contribution < 1.29 is 4.74 Å². The number of benzene rings is 2. The molecule has 0 saturated carbocycles. The molecule has 1 heterocycles. The Morgan fingerprint density at radius 2 is 1.91 bits per heavy atom. The van der Waals surface area contributed by atoms with Gasteiger partial charge in [-0.1, -0.05) is 63.1 Å². The lowest BCUT2D eigenvalue weighted by Crippen LogP contribution is -2.25. The molecule has 1 aliphatic rings. The Morgan fingerprint density at radius 3 is 2.59 bits per heavy atom. The monoisotopic (exact) mass is 292 g/mol. The molecule has 0 saturated heterocycles. The standard InChI is InChI=1S/C19H20N2O/c1-3-12(4-2)17-15-10-9-13-7-5-6-8-14(13)18(15)22-19(21)16(17)11-20/h5-10,12,17H,3-4,21H2,1-2H3/t17-/m0/s1. The van der Waals surface area contributed by atoms with Crippen LogP contribution in [0.5, 0.6) is 5.75 Å². The Bertz CT molecular complexity index is 782. The molecule has 0 unspecified atom stereocenters. The van der Waals surface area contributed by atoms with Crippen molar-refractivity contribution in [1.82, 2.24) is 0 Å². The highest BCUT2D eigenvalue weighted by Gasteiger charge is 2.34. The Hall–Kier alpha value is -2.47. The van der Waals surface area contributed by atoms with E-state index in [2.05, 4.69) is 38.1 Å².